The summed E-state index contributed by atoms with van der Waals surface area (Å²) in [5.41, 5.74) is 1.33. The minimum Gasteiger partial charge on any atom is -0.361 e. The summed E-state index contributed by atoms with van der Waals surface area (Å²) in [6.07, 6.45) is 5.89. The summed E-state index contributed by atoms with van der Waals surface area (Å²) >= 11 is 0. The fourth-order valence-electron chi connectivity index (χ4n) is 4.72. The smallest absolute Gasteiger partial charge is 0.292 e. The molecule has 1 atom stereocenters. The third-order valence-electron chi connectivity index (χ3n) is 6.74. The summed E-state index contributed by atoms with van der Waals surface area (Å²) in [5, 5.41) is 17.7. The van der Waals surface area contributed by atoms with Crippen LogP contribution in [0.5, 0.6) is 0 Å². The van der Waals surface area contributed by atoms with E-state index in [-0.39, 0.29) is 29.5 Å². The Morgan fingerprint density at radius 1 is 1.19 bits per heavy atom. The highest BCUT2D eigenvalue weighted by Crippen LogP contribution is 2.39. The summed E-state index contributed by atoms with van der Waals surface area (Å²) in [4.78, 5) is 29.6. The summed E-state index contributed by atoms with van der Waals surface area (Å²) in [6.45, 7) is 7.95. The van der Waals surface area contributed by atoms with Gasteiger partial charge in [0.2, 0.25) is 0 Å². The van der Waals surface area contributed by atoms with Gasteiger partial charge in [-0.05, 0) is 49.1 Å². The first-order valence-corrected chi connectivity index (χ1v) is 16.3. The summed E-state index contributed by atoms with van der Waals surface area (Å²) in [7, 11) is -1.29. The van der Waals surface area contributed by atoms with Crippen molar-refractivity contribution < 1.29 is 14.4 Å². The van der Waals surface area contributed by atoms with E-state index in [1.807, 2.05) is 22.9 Å². The Bertz CT molecular complexity index is 1520. The molecule has 1 aliphatic heterocycles. The third kappa shape index (κ3) is 5.06. The van der Waals surface area contributed by atoms with Crippen LogP contribution in [0.2, 0.25) is 25.7 Å². The standard InChI is InChI=1S/C26H31N5O5Si/c1-37(2,3)14-13-35-17-29-16-27-21-11-10-19(25(31(33)34)24(21)26(29)32)18-7-6-8-22-20(18)15-28-30(22)23-9-4-5-12-36-23/h6-8,10-11,15-16,23H,4-5,9,12-14,17H2,1-3H3. The summed E-state index contributed by atoms with van der Waals surface area (Å²) in [5.74, 6) is 0. The van der Waals surface area contributed by atoms with Gasteiger partial charge in [-0.15, -0.1) is 0 Å². The molecule has 5 rings (SSSR count). The Balaban J connectivity index is 1.59. The van der Waals surface area contributed by atoms with Crippen LogP contribution >= 0.6 is 0 Å². The van der Waals surface area contributed by atoms with Crippen molar-refractivity contribution in [2.75, 3.05) is 13.2 Å². The highest BCUT2D eigenvalue weighted by atomic mass is 28.3. The van der Waals surface area contributed by atoms with E-state index in [4.69, 9.17) is 9.47 Å². The first-order chi connectivity index (χ1) is 17.7. The molecule has 0 radical (unpaired) electrons. The van der Waals surface area contributed by atoms with Gasteiger partial charge in [0.05, 0.1) is 27.7 Å². The number of nitrogens with zero attached hydrogens (tertiary/aromatic N) is 5. The van der Waals surface area contributed by atoms with Crippen molar-refractivity contribution in [3.05, 3.63) is 63.3 Å². The number of ether oxygens (including phenoxy) is 2. The highest BCUT2D eigenvalue weighted by Gasteiger charge is 2.26. The van der Waals surface area contributed by atoms with Crippen LogP contribution in [0.1, 0.15) is 25.5 Å². The molecule has 0 saturated carbocycles. The van der Waals surface area contributed by atoms with Gasteiger partial charge in [0.15, 0.2) is 6.23 Å². The third-order valence-corrected chi connectivity index (χ3v) is 8.44. The molecule has 0 spiro atoms. The first-order valence-electron chi connectivity index (χ1n) is 12.6. The first kappa shape index (κ1) is 25.2. The average Bonchev–Trinajstić information content (AvgIpc) is 3.31. The monoisotopic (exact) mass is 521 g/mol. The number of nitro benzene ring substituents is 1. The Kier molecular flexibility index (Phi) is 6.93. The summed E-state index contributed by atoms with van der Waals surface area (Å²) in [6, 6.07) is 9.87. The van der Waals surface area contributed by atoms with Crippen LogP contribution in [0.4, 0.5) is 5.69 Å². The second-order valence-electron chi connectivity index (χ2n) is 10.6. The molecule has 2 aromatic carbocycles. The molecule has 4 aromatic rings. The minimum atomic E-state index is -1.29. The van der Waals surface area contributed by atoms with Crippen LogP contribution in [0, 0.1) is 10.1 Å². The number of nitro groups is 1. The van der Waals surface area contributed by atoms with E-state index >= 15 is 0 Å². The van der Waals surface area contributed by atoms with E-state index in [9.17, 15) is 14.9 Å². The quantitative estimate of drug-likeness (QED) is 0.133. The van der Waals surface area contributed by atoms with Crippen LogP contribution in [0.3, 0.4) is 0 Å². The van der Waals surface area contributed by atoms with Gasteiger partial charge in [0.25, 0.3) is 11.2 Å². The maximum atomic E-state index is 13.4. The molecule has 1 aliphatic rings. The molecule has 0 aliphatic carbocycles. The van der Waals surface area contributed by atoms with Crippen LogP contribution in [0.15, 0.2) is 47.7 Å². The lowest BCUT2D eigenvalue weighted by Gasteiger charge is -2.23. The van der Waals surface area contributed by atoms with Gasteiger partial charge in [-0.25, -0.2) is 9.67 Å². The van der Waals surface area contributed by atoms with Crippen LogP contribution in [-0.2, 0) is 16.2 Å². The molecular formula is C26H31N5O5Si. The van der Waals surface area contributed by atoms with Crippen molar-refractivity contribution in [2.45, 2.75) is 57.9 Å². The van der Waals surface area contributed by atoms with Crippen molar-refractivity contribution in [1.82, 2.24) is 19.3 Å². The van der Waals surface area contributed by atoms with E-state index in [1.165, 1.54) is 10.9 Å². The number of rotatable bonds is 8. The largest absolute Gasteiger partial charge is 0.361 e. The zero-order valence-electron chi connectivity index (χ0n) is 21.3. The van der Waals surface area contributed by atoms with Crippen LogP contribution < -0.4 is 5.56 Å². The molecule has 1 unspecified atom stereocenters. The Labute approximate surface area is 215 Å². The molecule has 0 bridgehead atoms. The predicted molar refractivity (Wildman–Crippen MR) is 144 cm³/mol. The van der Waals surface area contributed by atoms with E-state index in [0.29, 0.717) is 24.3 Å². The molecule has 1 fully saturated rings. The van der Waals surface area contributed by atoms with Crippen molar-refractivity contribution in [2.24, 2.45) is 0 Å². The van der Waals surface area contributed by atoms with E-state index in [1.54, 1.807) is 18.3 Å². The van der Waals surface area contributed by atoms with Gasteiger partial charge in [0.1, 0.15) is 18.4 Å². The summed E-state index contributed by atoms with van der Waals surface area (Å²) < 4.78 is 14.8. The SMILES string of the molecule is C[Si](C)(C)CCOCn1cnc2ccc(-c3cccc4c3cnn4C3CCCCO3)c([N+](=O)[O-])c2c1=O. The fraction of sp³-hybridized carbons (Fsp3) is 0.423. The lowest BCUT2D eigenvalue weighted by atomic mass is 9.98. The number of aromatic nitrogens is 4. The second-order valence-corrected chi connectivity index (χ2v) is 16.3. The molecule has 11 heteroatoms. The van der Waals surface area contributed by atoms with Crippen molar-refractivity contribution >= 4 is 35.6 Å². The highest BCUT2D eigenvalue weighted by molar-refractivity contribution is 6.76. The van der Waals surface area contributed by atoms with Crippen LogP contribution in [-0.4, -0.2) is 45.5 Å². The normalized spacial score (nSPS) is 16.5. The van der Waals surface area contributed by atoms with Gasteiger partial charge in [-0.2, -0.15) is 5.10 Å². The number of hydrogen-bond donors (Lipinski definition) is 0. The number of fused-ring (bicyclic) bond motifs is 2. The second kappa shape index (κ2) is 10.2. The number of hydrogen-bond acceptors (Lipinski definition) is 7. The maximum Gasteiger partial charge on any atom is 0.292 e. The topological polar surface area (TPSA) is 114 Å². The molecule has 10 nitrogen and oxygen atoms in total. The van der Waals surface area contributed by atoms with Gasteiger partial charge in [-0.1, -0.05) is 31.8 Å². The Hall–Kier alpha value is -3.41. The van der Waals surface area contributed by atoms with Crippen LogP contribution in [0.25, 0.3) is 32.9 Å². The molecule has 2 aromatic heterocycles. The molecule has 1 saturated heterocycles. The van der Waals surface area contributed by atoms with Gasteiger partial charge in [-0.3, -0.25) is 19.5 Å². The molecule has 37 heavy (non-hydrogen) atoms. The molecule has 3 heterocycles. The van der Waals surface area contributed by atoms with Gasteiger partial charge >= 0.3 is 0 Å². The van der Waals surface area contributed by atoms with Gasteiger partial charge < -0.3 is 9.47 Å². The zero-order valence-corrected chi connectivity index (χ0v) is 22.3. The van der Waals surface area contributed by atoms with E-state index < -0.39 is 18.6 Å². The van der Waals surface area contributed by atoms with Crippen molar-refractivity contribution in [3.63, 3.8) is 0 Å². The van der Waals surface area contributed by atoms with Crippen molar-refractivity contribution in [3.8, 4) is 11.1 Å². The minimum absolute atomic E-state index is 0.00260. The average molecular weight is 522 g/mol. The molecule has 194 valence electrons. The Morgan fingerprint density at radius 2 is 2.03 bits per heavy atom. The van der Waals surface area contributed by atoms with Gasteiger partial charge in [0, 0.05) is 26.7 Å². The van der Waals surface area contributed by atoms with E-state index in [0.717, 1.165) is 36.2 Å². The molecular weight excluding hydrogens is 490 g/mol. The molecule has 0 amide bonds. The number of benzene rings is 2. The Morgan fingerprint density at radius 3 is 2.76 bits per heavy atom. The fourth-order valence-corrected chi connectivity index (χ4v) is 5.48. The van der Waals surface area contributed by atoms with E-state index in [2.05, 4.69) is 29.7 Å². The molecule has 0 N–H and O–H groups in total. The predicted octanol–water partition coefficient (Wildman–Crippen LogP) is 5.33. The lowest BCUT2D eigenvalue weighted by Crippen LogP contribution is -2.25. The zero-order chi connectivity index (χ0) is 26.2. The van der Waals surface area contributed by atoms with Crippen molar-refractivity contribution in [1.29, 1.82) is 0 Å². The lowest BCUT2D eigenvalue weighted by molar-refractivity contribution is -0.382. The maximum absolute atomic E-state index is 13.4.